The number of nitrogens with zero attached hydrogens (tertiary/aromatic N) is 3. The van der Waals surface area contributed by atoms with Crippen LogP contribution < -0.4 is 5.32 Å². The van der Waals surface area contributed by atoms with Gasteiger partial charge in [-0.25, -0.2) is 4.68 Å². The lowest BCUT2D eigenvalue weighted by Crippen LogP contribution is -2.26. The number of hydrogen-bond donors (Lipinski definition) is 1. The number of amides is 1. The van der Waals surface area contributed by atoms with Crippen LogP contribution in [0.15, 0.2) is 0 Å². The zero-order valence-corrected chi connectivity index (χ0v) is 10.3. The minimum absolute atomic E-state index is 0.0538. The van der Waals surface area contributed by atoms with Crippen molar-refractivity contribution in [1.82, 2.24) is 14.8 Å². The van der Waals surface area contributed by atoms with E-state index < -0.39 is 0 Å². The monoisotopic (exact) mass is 238 g/mol. The van der Waals surface area contributed by atoms with Crippen LogP contribution in [0.3, 0.4) is 0 Å². The molecule has 0 unspecified atom stereocenters. The maximum Gasteiger partial charge on any atom is 0.229 e. The average Bonchev–Trinajstić information content (AvgIpc) is 2.58. The van der Waals surface area contributed by atoms with Crippen LogP contribution in [0.25, 0.3) is 0 Å². The van der Waals surface area contributed by atoms with Crippen LogP contribution in [0.5, 0.6) is 0 Å². The van der Waals surface area contributed by atoms with E-state index in [0.29, 0.717) is 18.2 Å². The Bertz CT molecular complexity index is 396. The lowest BCUT2D eigenvalue weighted by Gasteiger charge is -2.21. The molecule has 6 nitrogen and oxygen atoms in total. The number of hydrogen-bond acceptors (Lipinski definition) is 4. The highest BCUT2D eigenvalue weighted by atomic mass is 16.5. The van der Waals surface area contributed by atoms with Gasteiger partial charge in [0.1, 0.15) is 5.82 Å². The van der Waals surface area contributed by atoms with Gasteiger partial charge in [0, 0.05) is 13.7 Å². The van der Waals surface area contributed by atoms with Gasteiger partial charge in [0.25, 0.3) is 0 Å². The van der Waals surface area contributed by atoms with Crippen molar-refractivity contribution in [2.24, 2.45) is 7.05 Å². The van der Waals surface area contributed by atoms with E-state index in [2.05, 4.69) is 15.4 Å². The Morgan fingerprint density at radius 2 is 2.41 bits per heavy atom. The summed E-state index contributed by atoms with van der Waals surface area (Å²) >= 11 is 0. The molecular weight excluding hydrogens is 220 g/mol. The van der Waals surface area contributed by atoms with Gasteiger partial charge in [-0.1, -0.05) is 0 Å². The van der Waals surface area contributed by atoms with E-state index in [9.17, 15) is 4.79 Å². The SMILES string of the molecule is Cc1nc(NC(=O)C[C@@H]2CCCCO2)n(C)n1. The van der Waals surface area contributed by atoms with E-state index in [0.717, 1.165) is 25.9 Å². The topological polar surface area (TPSA) is 69.0 Å². The predicted molar refractivity (Wildman–Crippen MR) is 62.6 cm³/mol. The van der Waals surface area contributed by atoms with Crippen molar-refractivity contribution in [3.63, 3.8) is 0 Å². The van der Waals surface area contributed by atoms with Crippen LogP contribution in [-0.2, 0) is 16.6 Å². The number of anilines is 1. The summed E-state index contributed by atoms with van der Waals surface area (Å²) in [7, 11) is 1.76. The summed E-state index contributed by atoms with van der Waals surface area (Å²) < 4.78 is 7.08. The summed E-state index contributed by atoms with van der Waals surface area (Å²) in [5, 5.41) is 6.82. The number of aryl methyl sites for hydroxylation is 2. The average molecular weight is 238 g/mol. The normalized spacial score (nSPS) is 20.2. The summed E-state index contributed by atoms with van der Waals surface area (Å²) in [5.74, 6) is 1.08. The molecule has 1 fully saturated rings. The fourth-order valence-corrected chi connectivity index (χ4v) is 1.97. The summed E-state index contributed by atoms with van der Waals surface area (Å²) in [4.78, 5) is 15.9. The highest BCUT2D eigenvalue weighted by Crippen LogP contribution is 2.16. The molecular formula is C11H18N4O2. The molecule has 1 aromatic rings. The molecule has 1 saturated heterocycles. The van der Waals surface area contributed by atoms with Gasteiger partial charge in [-0.2, -0.15) is 10.1 Å². The first-order chi connectivity index (χ1) is 8.15. The van der Waals surface area contributed by atoms with E-state index >= 15 is 0 Å². The molecule has 0 radical (unpaired) electrons. The fraction of sp³-hybridized carbons (Fsp3) is 0.727. The van der Waals surface area contributed by atoms with Crippen molar-refractivity contribution in [2.75, 3.05) is 11.9 Å². The fourth-order valence-electron chi connectivity index (χ4n) is 1.97. The molecule has 6 heteroatoms. The number of rotatable bonds is 3. The molecule has 0 spiro atoms. The highest BCUT2D eigenvalue weighted by Gasteiger charge is 2.18. The minimum Gasteiger partial charge on any atom is -0.378 e. The third kappa shape index (κ3) is 3.26. The van der Waals surface area contributed by atoms with Crippen molar-refractivity contribution >= 4 is 11.9 Å². The second-order valence-electron chi connectivity index (χ2n) is 4.35. The van der Waals surface area contributed by atoms with Gasteiger partial charge >= 0.3 is 0 Å². The molecule has 0 bridgehead atoms. The van der Waals surface area contributed by atoms with Crippen molar-refractivity contribution < 1.29 is 9.53 Å². The van der Waals surface area contributed by atoms with Crippen molar-refractivity contribution in [1.29, 1.82) is 0 Å². The van der Waals surface area contributed by atoms with Gasteiger partial charge in [0.2, 0.25) is 11.9 Å². The predicted octanol–water partition coefficient (Wildman–Crippen LogP) is 1.02. The first-order valence-electron chi connectivity index (χ1n) is 5.94. The summed E-state index contributed by atoms with van der Waals surface area (Å²) in [5.41, 5.74) is 0. The van der Waals surface area contributed by atoms with Gasteiger partial charge < -0.3 is 4.74 Å². The van der Waals surface area contributed by atoms with Crippen LogP contribution in [0, 0.1) is 6.92 Å². The summed E-state index contributed by atoms with van der Waals surface area (Å²) in [6, 6.07) is 0. The molecule has 2 rings (SSSR count). The zero-order chi connectivity index (χ0) is 12.3. The second kappa shape index (κ2) is 5.27. The maximum absolute atomic E-state index is 11.8. The first kappa shape index (κ1) is 12.0. The molecule has 17 heavy (non-hydrogen) atoms. The Kier molecular flexibility index (Phi) is 3.73. The Labute approximate surface area is 100 Å². The van der Waals surface area contributed by atoms with E-state index in [1.807, 2.05) is 0 Å². The van der Waals surface area contributed by atoms with Gasteiger partial charge in [-0.3, -0.25) is 10.1 Å². The van der Waals surface area contributed by atoms with E-state index in [1.54, 1.807) is 18.7 Å². The van der Waals surface area contributed by atoms with Crippen LogP contribution in [-0.4, -0.2) is 33.4 Å². The van der Waals surface area contributed by atoms with Crippen LogP contribution in [0.1, 0.15) is 31.5 Å². The molecule has 0 saturated carbocycles. The molecule has 2 heterocycles. The van der Waals surface area contributed by atoms with Gasteiger partial charge in [-0.05, 0) is 26.2 Å². The van der Waals surface area contributed by atoms with E-state index in [-0.39, 0.29) is 12.0 Å². The number of nitrogens with one attached hydrogen (secondary N) is 1. The molecule has 0 aliphatic carbocycles. The molecule has 1 aliphatic rings. The smallest absolute Gasteiger partial charge is 0.229 e. The van der Waals surface area contributed by atoms with Crippen LogP contribution >= 0.6 is 0 Å². The summed E-state index contributed by atoms with van der Waals surface area (Å²) in [6.07, 6.45) is 3.65. The second-order valence-corrected chi connectivity index (χ2v) is 4.35. The Balaban J connectivity index is 1.86. The third-order valence-corrected chi connectivity index (χ3v) is 2.81. The van der Waals surface area contributed by atoms with Crippen molar-refractivity contribution in [3.05, 3.63) is 5.82 Å². The number of ether oxygens (including phenoxy) is 1. The van der Waals surface area contributed by atoms with Crippen molar-refractivity contribution in [2.45, 2.75) is 38.7 Å². The first-order valence-corrected chi connectivity index (χ1v) is 5.94. The lowest BCUT2D eigenvalue weighted by atomic mass is 10.1. The van der Waals surface area contributed by atoms with E-state index in [4.69, 9.17) is 4.74 Å². The van der Waals surface area contributed by atoms with Crippen molar-refractivity contribution in [3.8, 4) is 0 Å². The molecule has 1 amide bonds. The van der Waals surface area contributed by atoms with Crippen LogP contribution in [0.2, 0.25) is 0 Å². The molecule has 94 valence electrons. The molecule has 1 atom stereocenters. The quantitative estimate of drug-likeness (QED) is 0.853. The third-order valence-electron chi connectivity index (χ3n) is 2.81. The molecule has 1 N–H and O–H groups in total. The van der Waals surface area contributed by atoms with Gasteiger partial charge in [-0.15, -0.1) is 0 Å². The molecule has 1 aliphatic heterocycles. The van der Waals surface area contributed by atoms with Gasteiger partial charge in [0.05, 0.1) is 12.5 Å². The lowest BCUT2D eigenvalue weighted by molar-refractivity contribution is -0.119. The molecule has 1 aromatic heterocycles. The standard InChI is InChI=1S/C11H18N4O2/c1-8-12-11(15(2)14-8)13-10(16)7-9-5-3-4-6-17-9/h9H,3-7H2,1-2H3,(H,12,13,14,16)/t9-/m0/s1. The van der Waals surface area contributed by atoms with Crippen LogP contribution in [0.4, 0.5) is 5.95 Å². The maximum atomic E-state index is 11.8. The number of carbonyl (C=O) groups is 1. The summed E-state index contributed by atoms with van der Waals surface area (Å²) in [6.45, 7) is 2.56. The van der Waals surface area contributed by atoms with E-state index in [1.165, 1.54) is 0 Å². The minimum atomic E-state index is -0.0626. The Hall–Kier alpha value is -1.43. The number of carbonyl (C=O) groups excluding carboxylic acids is 1. The Morgan fingerprint density at radius 1 is 1.59 bits per heavy atom. The highest BCUT2D eigenvalue weighted by molar-refractivity contribution is 5.89. The largest absolute Gasteiger partial charge is 0.378 e. The van der Waals surface area contributed by atoms with Gasteiger partial charge in [0.15, 0.2) is 0 Å². The molecule has 0 aromatic carbocycles. The zero-order valence-electron chi connectivity index (χ0n) is 10.3. The Morgan fingerprint density at radius 3 is 3.00 bits per heavy atom. The number of aromatic nitrogens is 3.